The van der Waals surface area contributed by atoms with Gasteiger partial charge in [-0.1, -0.05) is 52.0 Å². The van der Waals surface area contributed by atoms with Crippen molar-refractivity contribution in [2.45, 2.75) is 58.8 Å². The van der Waals surface area contributed by atoms with Crippen LogP contribution in [0, 0.1) is 0 Å². The molecule has 2 nitrogen and oxygen atoms in total. The predicted molar refractivity (Wildman–Crippen MR) is 67.5 cm³/mol. The van der Waals surface area contributed by atoms with Gasteiger partial charge < -0.3 is 4.89 Å². The number of hydrogen-bond donors (Lipinski definition) is 1. The normalized spacial score (nSPS) is 15.7. The fourth-order valence-corrected chi connectivity index (χ4v) is 2.71. The molecule has 0 saturated carbocycles. The Bertz CT molecular complexity index is 212. The van der Waals surface area contributed by atoms with Crippen molar-refractivity contribution in [3.63, 3.8) is 0 Å². The van der Waals surface area contributed by atoms with Crippen LogP contribution in [0.3, 0.4) is 0 Å². The minimum atomic E-state index is -2.95. The van der Waals surface area contributed by atoms with Crippen molar-refractivity contribution in [1.82, 2.24) is 0 Å². The second kappa shape index (κ2) is 9.18. The zero-order chi connectivity index (χ0) is 11.6. The van der Waals surface area contributed by atoms with E-state index in [0.29, 0.717) is 6.16 Å². The summed E-state index contributed by atoms with van der Waals surface area (Å²) < 4.78 is 11.6. The van der Waals surface area contributed by atoms with E-state index in [0.717, 1.165) is 32.1 Å². The van der Waals surface area contributed by atoms with Crippen molar-refractivity contribution in [2.24, 2.45) is 0 Å². The van der Waals surface area contributed by atoms with Crippen molar-refractivity contribution in [2.75, 3.05) is 6.16 Å². The van der Waals surface area contributed by atoms with E-state index < -0.39 is 7.37 Å². The summed E-state index contributed by atoms with van der Waals surface area (Å²) in [6.07, 6.45) is 9.77. The molecule has 0 spiro atoms. The summed E-state index contributed by atoms with van der Waals surface area (Å²) in [5.74, 6) is 1.54. The lowest BCUT2D eigenvalue weighted by atomic mass is 10.2. The Morgan fingerprint density at radius 3 is 2.33 bits per heavy atom. The summed E-state index contributed by atoms with van der Waals surface area (Å²) >= 11 is 0. The highest BCUT2D eigenvalue weighted by molar-refractivity contribution is 7.61. The summed E-state index contributed by atoms with van der Waals surface area (Å²) in [7, 11) is -2.95. The van der Waals surface area contributed by atoms with Gasteiger partial charge in [0.15, 0.2) is 0 Å². The molecule has 0 heterocycles. The molecule has 0 bridgehead atoms. The van der Waals surface area contributed by atoms with Crippen molar-refractivity contribution >= 4 is 7.37 Å². The molecular formula is C12H25O2P. The molecule has 1 unspecified atom stereocenters. The van der Waals surface area contributed by atoms with E-state index in [4.69, 9.17) is 0 Å². The maximum absolute atomic E-state index is 11.6. The minimum absolute atomic E-state index is 0.454. The Balaban J connectivity index is 3.66. The first-order valence-corrected chi connectivity index (χ1v) is 8.03. The number of hydrogen-bond acceptors (Lipinski definition) is 1. The summed E-state index contributed by atoms with van der Waals surface area (Å²) in [4.78, 5) is 9.58. The van der Waals surface area contributed by atoms with Crippen LogP contribution in [0.1, 0.15) is 58.8 Å². The molecule has 0 rings (SSSR count). The summed E-state index contributed by atoms with van der Waals surface area (Å²) in [5.41, 5.74) is 0. The standard InChI is InChI=1S/C12H25O2P/c1-3-5-7-9-11-15(13,14)12-10-8-6-4-2/h9,11H,3-8,10,12H2,1-2H3,(H,13,14). The van der Waals surface area contributed by atoms with Gasteiger partial charge in [-0.05, 0) is 18.7 Å². The second-order valence-corrected chi connectivity index (χ2v) is 6.32. The molecule has 0 fully saturated rings. The molecule has 0 radical (unpaired) electrons. The van der Waals surface area contributed by atoms with Gasteiger partial charge in [-0.15, -0.1) is 0 Å². The van der Waals surface area contributed by atoms with Crippen LogP contribution in [0.5, 0.6) is 0 Å². The Kier molecular flexibility index (Phi) is 9.13. The van der Waals surface area contributed by atoms with Gasteiger partial charge in [0, 0.05) is 6.16 Å². The molecule has 0 aliphatic rings. The van der Waals surface area contributed by atoms with Gasteiger partial charge in [0.25, 0.3) is 0 Å². The fraction of sp³-hybridized carbons (Fsp3) is 0.833. The Morgan fingerprint density at radius 2 is 1.73 bits per heavy atom. The molecule has 3 heteroatoms. The largest absolute Gasteiger partial charge is 0.341 e. The first-order chi connectivity index (χ1) is 7.12. The molecule has 1 N–H and O–H groups in total. The third kappa shape index (κ3) is 10.2. The second-order valence-electron chi connectivity index (χ2n) is 4.07. The van der Waals surface area contributed by atoms with E-state index in [2.05, 4.69) is 13.8 Å². The van der Waals surface area contributed by atoms with Crippen LogP contribution in [0.25, 0.3) is 0 Å². The van der Waals surface area contributed by atoms with Gasteiger partial charge in [-0.2, -0.15) is 0 Å². The molecule has 15 heavy (non-hydrogen) atoms. The van der Waals surface area contributed by atoms with Crippen LogP contribution in [-0.4, -0.2) is 11.1 Å². The topological polar surface area (TPSA) is 37.3 Å². The lowest BCUT2D eigenvalue weighted by Crippen LogP contribution is -1.86. The smallest absolute Gasteiger partial charge is 0.222 e. The highest BCUT2D eigenvalue weighted by atomic mass is 31.2. The third-order valence-electron chi connectivity index (χ3n) is 2.39. The molecule has 0 aliphatic heterocycles. The third-order valence-corrected chi connectivity index (χ3v) is 4.03. The minimum Gasteiger partial charge on any atom is -0.341 e. The zero-order valence-electron chi connectivity index (χ0n) is 10.1. The maximum Gasteiger partial charge on any atom is 0.222 e. The SMILES string of the molecule is CCCCC=CP(=O)(O)CCCCCC. The van der Waals surface area contributed by atoms with E-state index in [9.17, 15) is 9.46 Å². The summed E-state index contributed by atoms with van der Waals surface area (Å²) in [6, 6.07) is 0. The molecule has 1 atom stereocenters. The van der Waals surface area contributed by atoms with Crippen LogP contribution in [-0.2, 0) is 4.57 Å². The van der Waals surface area contributed by atoms with Crippen molar-refractivity contribution in [1.29, 1.82) is 0 Å². The van der Waals surface area contributed by atoms with Crippen LogP contribution in [0.15, 0.2) is 11.9 Å². The Morgan fingerprint density at radius 1 is 1.07 bits per heavy atom. The summed E-state index contributed by atoms with van der Waals surface area (Å²) in [6.45, 7) is 4.26. The van der Waals surface area contributed by atoms with Crippen LogP contribution < -0.4 is 0 Å². The van der Waals surface area contributed by atoms with Gasteiger partial charge >= 0.3 is 0 Å². The van der Waals surface area contributed by atoms with Crippen molar-refractivity contribution in [3.05, 3.63) is 11.9 Å². The molecule has 0 aromatic rings. The number of allylic oxidation sites excluding steroid dienone is 1. The molecule has 90 valence electrons. The summed E-state index contributed by atoms with van der Waals surface area (Å²) in [5, 5.41) is 0. The lowest BCUT2D eigenvalue weighted by molar-refractivity contribution is 0.485. The van der Waals surface area contributed by atoms with Crippen LogP contribution >= 0.6 is 7.37 Å². The maximum atomic E-state index is 11.6. The van der Waals surface area contributed by atoms with Crippen molar-refractivity contribution in [3.8, 4) is 0 Å². The van der Waals surface area contributed by atoms with Gasteiger partial charge in [-0.3, -0.25) is 4.57 Å². The van der Waals surface area contributed by atoms with E-state index in [-0.39, 0.29) is 0 Å². The first-order valence-electron chi connectivity index (χ1n) is 6.11. The monoisotopic (exact) mass is 232 g/mol. The Labute approximate surface area is 94.2 Å². The van der Waals surface area contributed by atoms with E-state index in [1.165, 1.54) is 18.7 Å². The molecular weight excluding hydrogens is 207 g/mol. The van der Waals surface area contributed by atoms with Crippen molar-refractivity contribution < 1.29 is 9.46 Å². The average molecular weight is 232 g/mol. The fourth-order valence-electron chi connectivity index (χ4n) is 1.40. The Hall–Kier alpha value is -0.0700. The quantitative estimate of drug-likeness (QED) is 0.468. The lowest BCUT2D eigenvalue weighted by Gasteiger charge is -2.05. The molecule has 0 aromatic carbocycles. The van der Waals surface area contributed by atoms with Gasteiger partial charge in [0.2, 0.25) is 7.37 Å². The highest BCUT2D eigenvalue weighted by Crippen LogP contribution is 2.43. The first kappa shape index (κ1) is 14.9. The molecule has 0 amide bonds. The molecule has 0 aromatic heterocycles. The zero-order valence-corrected chi connectivity index (χ0v) is 11.0. The number of rotatable bonds is 9. The highest BCUT2D eigenvalue weighted by Gasteiger charge is 2.11. The molecule has 0 saturated heterocycles. The van der Waals surface area contributed by atoms with Gasteiger partial charge in [-0.25, -0.2) is 0 Å². The van der Waals surface area contributed by atoms with E-state index >= 15 is 0 Å². The van der Waals surface area contributed by atoms with Gasteiger partial charge in [0.05, 0.1) is 0 Å². The van der Waals surface area contributed by atoms with Gasteiger partial charge in [0.1, 0.15) is 0 Å². The van der Waals surface area contributed by atoms with E-state index in [1.807, 2.05) is 6.08 Å². The molecule has 0 aliphatic carbocycles. The van der Waals surface area contributed by atoms with Crippen LogP contribution in [0.4, 0.5) is 0 Å². The number of unbranched alkanes of at least 4 members (excludes halogenated alkanes) is 5. The average Bonchev–Trinajstić information content (AvgIpc) is 2.20. The van der Waals surface area contributed by atoms with Crippen LogP contribution in [0.2, 0.25) is 0 Å². The predicted octanol–water partition coefficient (Wildman–Crippen LogP) is 4.54. The van der Waals surface area contributed by atoms with E-state index in [1.54, 1.807) is 0 Å².